The fourth-order valence-electron chi connectivity index (χ4n) is 2.68. The van der Waals surface area contributed by atoms with Crippen LogP contribution >= 0.6 is 0 Å². The van der Waals surface area contributed by atoms with E-state index in [-0.39, 0.29) is 17.5 Å². The molecular formula is C19H18F2N2O2. The Balaban J connectivity index is 1.59. The maximum Gasteiger partial charge on any atom is 0.228 e. The number of carbonyl (C=O) groups excluding carboxylic acids is 2. The van der Waals surface area contributed by atoms with E-state index in [9.17, 15) is 18.4 Å². The minimum Gasteiger partial charge on any atom is -0.326 e. The number of nitrogens with one attached hydrogen (secondary N) is 2. The molecule has 2 atom stereocenters. The summed E-state index contributed by atoms with van der Waals surface area (Å²) >= 11 is 0. The second-order valence-corrected chi connectivity index (χ2v) is 6.37. The van der Waals surface area contributed by atoms with Crippen LogP contribution in [0.3, 0.4) is 0 Å². The largest absolute Gasteiger partial charge is 0.326 e. The summed E-state index contributed by atoms with van der Waals surface area (Å²) in [6.45, 7) is 3.83. The van der Waals surface area contributed by atoms with Crippen LogP contribution in [0.2, 0.25) is 0 Å². The van der Waals surface area contributed by atoms with Crippen LogP contribution in [-0.4, -0.2) is 11.8 Å². The molecule has 3 rings (SSSR count). The third-order valence-electron chi connectivity index (χ3n) is 4.30. The molecular weight excluding hydrogens is 326 g/mol. The molecule has 0 spiro atoms. The van der Waals surface area contributed by atoms with Crippen LogP contribution in [-0.2, 0) is 9.59 Å². The van der Waals surface area contributed by atoms with Gasteiger partial charge >= 0.3 is 0 Å². The van der Waals surface area contributed by atoms with Gasteiger partial charge in [-0.1, -0.05) is 12.1 Å². The Kier molecular flexibility index (Phi) is 4.53. The van der Waals surface area contributed by atoms with Crippen LogP contribution in [0.1, 0.15) is 17.5 Å². The van der Waals surface area contributed by atoms with Crippen molar-refractivity contribution in [3.8, 4) is 0 Å². The molecule has 2 unspecified atom stereocenters. The molecule has 2 N–H and O–H groups in total. The highest BCUT2D eigenvalue weighted by Crippen LogP contribution is 2.40. The van der Waals surface area contributed by atoms with E-state index >= 15 is 0 Å². The van der Waals surface area contributed by atoms with Gasteiger partial charge in [0.15, 0.2) is 11.6 Å². The average Bonchev–Trinajstić information content (AvgIpc) is 3.35. The quantitative estimate of drug-likeness (QED) is 0.886. The summed E-state index contributed by atoms with van der Waals surface area (Å²) in [7, 11) is 0. The molecule has 4 nitrogen and oxygen atoms in total. The summed E-state index contributed by atoms with van der Waals surface area (Å²) in [5, 5.41) is 5.37. The standard InChI is InChI=1S/C19H18F2N2O2/c1-10-3-4-11(2)17(7-10)23-19(25)14-9-13(14)18(24)22-12-5-6-15(20)16(21)8-12/h3-8,13-14H,9H2,1-2H3,(H,22,24)(H,23,25). The molecule has 6 heteroatoms. The van der Waals surface area contributed by atoms with Gasteiger partial charge < -0.3 is 10.6 Å². The summed E-state index contributed by atoms with van der Waals surface area (Å²) in [4.78, 5) is 24.5. The molecule has 25 heavy (non-hydrogen) atoms. The maximum atomic E-state index is 13.2. The van der Waals surface area contributed by atoms with Crippen molar-refractivity contribution in [1.29, 1.82) is 0 Å². The van der Waals surface area contributed by atoms with Gasteiger partial charge in [0.1, 0.15) is 0 Å². The van der Waals surface area contributed by atoms with Crippen LogP contribution in [0, 0.1) is 37.3 Å². The summed E-state index contributed by atoms with van der Waals surface area (Å²) < 4.78 is 26.1. The molecule has 0 aromatic heterocycles. The van der Waals surface area contributed by atoms with E-state index in [1.165, 1.54) is 6.07 Å². The van der Waals surface area contributed by atoms with E-state index in [2.05, 4.69) is 10.6 Å². The van der Waals surface area contributed by atoms with Crippen molar-refractivity contribution in [2.45, 2.75) is 20.3 Å². The van der Waals surface area contributed by atoms with Crippen LogP contribution in [0.5, 0.6) is 0 Å². The normalized spacial score (nSPS) is 18.6. The summed E-state index contributed by atoms with van der Waals surface area (Å²) in [6, 6.07) is 8.91. The number of halogens is 2. The first-order chi connectivity index (χ1) is 11.8. The van der Waals surface area contributed by atoms with Gasteiger partial charge in [-0.05, 0) is 49.6 Å². The average molecular weight is 344 g/mol. The second-order valence-electron chi connectivity index (χ2n) is 6.37. The Hall–Kier alpha value is -2.76. The van der Waals surface area contributed by atoms with Gasteiger partial charge in [-0.25, -0.2) is 8.78 Å². The van der Waals surface area contributed by atoms with Crippen LogP contribution in [0.25, 0.3) is 0 Å². The van der Waals surface area contributed by atoms with E-state index < -0.39 is 23.5 Å². The Morgan fingerprint density at radius 3 is 2.28 bits per heavy atom. The second kappa shape index (κ2) is 6.63. The molecule has 0 aliphatic heterocycles. The first kappa shape index (κ1) is 17.1. The molecule has 2 amide bonds. The lowest BCUT2D eigenvalue weighted by molar-refractivity contribution is -0.122. The zero-order valence-electron chi connectivity index (χ0n) is 13.9. The minimum atomic E-state index is -1.03. The molecule has 0 heterocycles. The molecule has 1 saturated carbocycles. The Bertz CT molecular complexity index is 851. The third-order valence-corrected chi connectivity index (χ3v) is 4.30. The summed E-state index contributed by atoms with van der Waals surface area (Å²) in [5.41, 5.74) is 2.88. The SMILES string of the molecule is Cc1ccc(C)c(NC(=O)C2CC2C(=O)Nc2ccc(F)c(F)c2)c1. The smallest absolute Gasteiger partial charge is 0.228 e. The Morgan fingerprint density at radius 1 is 0.920 bits per heavy atom. The molecule has 0 bridgehead atoms. The molecule has 1 aliphatic rings. The van der Waals surface area contributed by atoms with Crippen LogP contribution in [0.15, 0.2) is 36.4 Å². The van der Waals surface area contributed by atoms with E-state index in [1.54, 1.807) is 0 Å². The van der Waals surface area contributed by atoms with Gasteiger partial charge in [-0.3, -0.25) is 9.59 Å². The molecule has 0 radical (unpaired) electrons. The van der Waals surface area contributed by atoms with Crippen molar-refractivity contribution in [3.63, 3.8) is 0 Å². The maximum absolute atomic E-state index is 13.2. The Morgan fingerprint density at radius 2 is 1.60 bits per heavy atom. The number of hydrogen-bond donors (Lipinski definition) is 2. The van der Waals surface area contributed by atoms with E-state index in [0.717, 1.165) is 28.9 Å². The van der Waals surface area contributed by atoms with Crippen molar-refractivity contribution in [2.24, 2.45) is 11.8 Å². The van der Waals surface area contributed by atoms with Crippen molar-refractivity contribution in [2.75, 3.05) is 10.6 Å². The number of amides is 2. The van der Waals surface area contributed by atoms with Crippen molar-refractivity contribution < 1.29 is 18.4 Å². The monoisotopic (exact) mass is 344 g/mol. The molecule has 1 fully saturated rings. The van der Waals surface area contributed by atoms with Gasteiger partial charge in [0.05, 0.1) is 11.8 Å². The lowest BCUT2D eigenvalue weighted by Gasteiger charge is -2.09. The molecule has 130 valence electrons. The van der Waals surface area contributed by atoms with Gasteiger partial charge in [0, 0.05) is 17.4 Å². The number of rotatable bonds is 4. The zero-order valence-corrected chi connectivity index (χ0v) is 13.9. The van der Waals surface area contributed by atoms with Crippen molar-refractivity contribution in [1.82, 2.24) is 0 Å². The number of benzene rings is 2. The molecule has 0 saturated heterocycles. The highest BCUT2D eigenvalue weighted by molar-refractivity contribution is 6.03. The first-order valence-corrected chi connectivity index (χ1v) is 7.99. The number of carbonyl (C=O) groups is 2. The molecule has 2 aromatic carbocycles. The van der Waals surface area contributed by atoms with Crippen molar-refractivity contribution >= 4 is 23.2 Å². The van der Waals surface area contributed by atoms with Gasteiger partial charge in [0.2, 0.25) is 11.8 Å². The van der Waals surface area contributed by atoms with Crippen LogP contribution < -0.4 is 10.6 Å². The number of anilines is 2. The minimum absolute atomic E-state index is 0.171. The van der Waals surface area contributed by atoms with E-state index in [4.69, 9.17) is 0 Å². The lowest BCUT2D eigenvalue weighted by Crippen LogP contribution is -2.21. The predicted molar refractivity (Wildman–Crippen MR) is 91.1 cm³/mol. The fraction of sp³-hybridized carbons (Fsp3) is 0.263. The van der Waals surface area contributed by atoms with Crippen molar-refractivity contribution in [3.05, 3.63) is 59.2 Å². The van der Waals surface area contributed by atoms with E-state index in [0.29, 0.717) is 6.42 Å². The number of aryl methyl sites for hydroxylation is 2. The van der Waals surface area contributed by atoms with Gasteiger partial charge in [0.25, 0.3) is 0 Å². The highest BCUT2D eigenvalue weighted by atomic mass is 19.2. The molecule has 1 aliphatic carbocycles. The predicted octanol–water partition coefficient (Wildman–Crippen LogP) is 3.79. The van der Waals surface area contributed by atoms with E-state index in [1.807, 2.05) is 32.0 Å². The fourth-order valence-corrected chi connectivity index (χ4v) is 2.68. The first-order valence-electron chi connectivity index (χ1n) is 7.99. The Labute approximate surface area is 144 Å². The summed E-state index contributed by atoms with van der Waals surface area (Å²) in [6.07, 6.45) is 0.437. The summed E-state index contributed by atoms with van der Waals surface area (Å²) in [5.74, 6) is -3.46. The third kappa shape index (κ3) is 3.84. The number of hydrogen-bond acceptors (Lipinski definition) is 2. The topological polar surface area (TPSA) is 58.2 Å². The van der Waals surface area contributed by atoms with Gasteiger partial charge in [-0.15, -0.1) is 0 Å². The lowest BCUT2D eigenvalue weighted by atomic mass is 10.1. The van der Waals surface area contributed by atoms with Crippen LogP contribution in [0.4, 0.5) is 20.2 Å². The molecule has 2 aromatic rings. The van der Waals surface area contributed by atoms with Gasteiger partial charge in [-0.2, -0.15) is 0 Å². The highest BCUT2D eigenvalue weighted by Gasteiger charge is 2.48. The zero-order chi connectivity index (χ0) is 18.1.